The summed E-state index contributed by atoms with van der Waals surface area (Å²) in [5, 5.41) is 3.26. The van der Waals surface area contributed by atoms with E-state index in [0.29, 0.717) is 15.7 Å². The quantitative estimate of drug-likeness (QED) is 0.507. The Labute approximate surface area is 190 Å². The van der Waals surface area contributed by atoms with Crippen LogP contribution in [0.2, 0.25) is 10.0 Å². The predicted molar refractivity (Wildman–Crippen MR) is 116 cm³/mol. The number of anilines is 1. The average Bonchev–Trinajstić information content (AvgIpc) is 3.32. The maximum absolute atomic E-state index is 14.3. The molecule has 2 aromatic rings. The molecule has 0 radical (unpaired) electrons. The van der Waals surface area contributed by atoms with Crippen molar-refractivity contribution >= 4 is 50.7 Å². The first-order valence-corrected chi connectivity index (χ1v) is 11.0. The zero-order valence-electron chi connectivity index (χ0n) is 15.7. The SMILES string of the molecule is O=C(NC1CC1)c1ccc(N2CCC(c3cc(Cl)cc(Cl)c3)(C(F)(F)F)C2)cc1Br. The van der Waals surface area contributed by atoms with Crippen molar-refractivity contribution in [2.45, 2.75) is 36.9 Å². The molecular formula is C21H18BrCl2F3N2O. The topological polar surface area (TPSA) is 32.3 Å². The molecule has 1 aliphatic carbocycles. The highest BCUT2D eigenvalue weighted by Gasteiger charge is 2.59. The third kappa shape index (κ3) is 4.16. The molecule has 0 spiro atoms. The summed E-state index contributed by atoms with van der Waals surface area (Å²) in [5.74, 6) is -0.185. The lowest BCUT2D eigenvalue weighted by atomic mass is 9.79. The van der Waals surface area contributed by atoms with E-state index in [1.165, 1.54) is 18.2 Å². The van der Waals surface area contributed by atoms with Crippen LogP contribution < -0.4 is 10.2 Å². The minimum absolute atomic E-state index is 0.0643. The number of hydrogen-bond acceptors (Lipinski definition) is 2. The van der Waals surface area contributed by atoms with Crippen molar-refractivity contribution in [3.8, 4) is 0 Å². The number of hydrogen-bond donors (Lipinski definition) is 1. The van der Waals surface area contributed by atoms with E-state index in [0.717, 1.165) is 12.8 Å². The standard InChI is InChI=1S/C21H18BrCl2F3N2O/c22-18-10-16(3-4-17(18)19(30)28-15-1-2-15)29-6-5-20(11-29,21(25,26)27)12-7-13(23)9-14(24)8-12/h3-4,7-10,15H,1-2,5-6,11H2,(H,28,30). The van der Waals surface area contributed by atoms with Gasteiger partial charge in [0.1, 0.15) is 5.41 Å². The van der Waals surface area contributed by atoms with E-state index in [9.17, 15) is 18.0 Å². The Kier molecular flexibility index (Phi) is 5.75. The monoisotopic (exact) mass is 520 g/mol. The molecule has 30 heavy (non-hydrogen) atoms. The summed E-state index contributed by atoms with van der Waals surface area (Å²) in [6.45, 7) is -0.0447. The van der Waals surface area contributed by atoms with Gasteiger partial charge in [-0.3, -0.25) is 4.79 Å². The Hall–Kier alpha value is -1.44. The second-order valence-corrected chi connectivity index (χ2v) is 9.55. The number of benzene rings is 2. The van der Waals surface area contributed by atoms with Crippen LogP contribution in [0.15, 0.2) is 40.9 Å². The van der Waals surface area contributed by atoms with E-state index in [1.54, 1.807) is 23.1 Å². The molecule has 1 amide bonds. The van der Waals surface area contributed by atoms with Gasteiger partial charge in [0.05, 0.1) is 5.56 Å². The Morgan fingerprint density at radius 2 is 1.80 bits per heavy atom. The molecule has 1 heterocycles. The normalized spacial score (nSPS) is 21.7. The molecular weight excluding hydrogens is 504 g/mol. The summed E-state index contributed by atoms with van der Waals surface area (Å²) in [5.41, 5.74) is -0.928. The van der Waals surface area contributed by atoms with Gasteiger partial charge >= 0.3 is 6.18 Å². The number of nitrogens with one attached hydrogen (secondary N) is 1. The lowest BCUT2D eigenvalue weighted by molar-refractivity contribution is -0.184. The second kappa shape index (κ2) is 7.92. The lowest BCUT2D eigenvalue weighted by Crippen LogP contribution is -2.44. The summed E-state index contributed by atoms with van der Waals surface area (Å²) < 4.78 is 43.3. The number of carbonyl (C=O) groups is 1. The molecule has 1 N–H and O–H groups in total. The predicted octanol–water partition coefficient (Wildman–Crippen LogP) is 6.36. The van der Waals surface area contributed by atoms with Gasteiger partial charge in [0.2, 0.25) is 0 Å². The fraction of sp³-hybridized carbons (Fsp3) is 0.381. The highest BCUT2D eigenvalue weighted by atomic mass is 79.9. The maximum atomic E-state index is 14.3. The number of nitrogens with zero attached hydrogens (tertiary/aromatic N) is 1. The van der Waals surface area contributed by atoms with Crippen LogP contribution in [0, 0.1) is 0 Å². The molecule has 1 atom stereocenters. The van der Waals surface area contributed by atoms with Gasteiger partial charge < -0.3 is 10.2 Å². The maximum Gasteiger partial charge on any atom is 0.400 e. The van der Waals surface area contributed by atoms with Crippen molar-refractivity contribution in [3.05, 3.63) is 62.0 Å². The van der Waals surface area contributed by atoms with Crippen LogP contribution in [-0.4, -0.2) is 31.2 Å². The minimum atomic E-state index is -4.48. The van der Waals surface area contributed by atoms with Gasteiger partial charge in [0.15, 0.2) is 0 Å². The molecule has 2 fully saturated rings. The van der Waals surface area contributed by atoms with Crippen molar-refractivity contribution in [3.63, 3.8) is 0 Å². The molecule has 9 heteroatoms. The van der Waals surface area contributed by atoms with Gasteiger partial charge in [-0.1, -0.05) is 23.2 Å². The molecule has 4 rings (SSSR count). The lowest BCUT2D eigenvalue weighted by Gasteiger charge is -2.33. The van der Waals surface area contributed by atoms with E-state index in [-0.39, 0.29) is 47.1 Å². The van der Waals surface area contributed by atoms with Crippen LogP contribution in [0.3, 0.4) is 0 Å². The molecule has 1 saturated heterocycles. The number of rotatable bonds is 4. The fourth-order valence-electron chi connectivity index (χ4n) is 3.87. The number of alkyl halides is 3. The Morgan fingerprint density at radius 1 is 1.13 bits per heavy atom. The Balaban J connectivity index is 1.62. The highest BCUT2D eigenvalue weighted by Crippen LogP contribution is 2.49. The van der Waals surface area contributed by atoms with E-state index in [4.69, 9.17) is 23.2 Å². The van der Waals surface area contributed by atoms with E-state index < -0.39 is 11.6 Å². The summed E-state index contributed by atoms with van der Waals surface area (Å²) in [7, 11) is 0. The average molecular weight is 522 g/mol. The van der Waals surface area contributed by atoms with Gasteiger partial charge in [0.25, 0.3) is 5.91 Å². The van der Waals surface area contributed by atoms with Gasteiger partial charge in [-0.2, -0.15) is 13.2 Å². The van der Waals surface area contributed by atoms with Crippen LogP contribution in [0.5, 0.6) is 0 Å². The number of halogens is 6. The first-order valence-electron chi connectivity index (χ1n) is 9.48. The van der Waals surface area contributed by atoms with Crippen molar-refractivity contribution in [1.82, 2.24) is 5.32 Å². The molecule has 3 nitrogen and oxygen atoms in total. The summed E-state index contributed by atoms with van der Waals surface area (Å²) in [6.07, 6.45) is -2.64. The molecule has 160 valence electrons. The molecule has 1 aliphatic heterocycles. The third-order valence-corrected chi connectivity index (χ3v) is 6.79. The highest BCUT2D eigenvalue weighted by molar-refractivity contribution is 9.10. The van der Waals surface area contributed by atoms with E-state index >= 15 is 0 Å². The first-order chi connectivity index (χ1) is 14.1. The van der Waals surface area contributed by atoms with Crippen molar-refractivity contribution in [1.29, 1.82) is 0 Å². The van der Waals surface area contributed by atoms with E-state index in [2.05, 4.69) is 21.2 Å². The third-order valence-electron chi connectivity index (χ3n) is 5.70. The zero-order valence-corrected chi connectivity index (χ0v) is 18.8. The van der Waals surface area contributed by atoms with Gasteiger partial charge in [-0.05, 0) is 77.2 Å². The summed E-state index contributed by atoms with van der Waals surface area (Å²) >= 11 is 15.4. The van der Waals surface area contributed by atoms with Crippen LogP contribution in [0.25, 0.3) is 0 Å². The zero-order chi connectivity index (χ0) is 21.7. The molecule has 1 unspecified atom stereocenters. The van der Waals surface area contributed by atoms with Crippen LogP contribution >= 0.6 is 39.1 Å². The van der Waals surface area contributed by atoms with Crippen molar-refractivity contribution in [2.75, 3.05) is 18.0 Å². The molecule has 1 saturated carbocycles. The summed E-state index contributed by atoms with van der Waals surface area (Å²) in [6, 6.07) is 9.34. The van der Waals surface area contributed by atoms with Crippen LogP contribution in [0.1, 0.15) is 35.2 Å². The van der Waals surface area contributed by atoms with Crippen molar-refractivity contribution in [2.24, 2.45) is 0 Å². The number of carbonyl (C=O) groups excluding carboxylic acids is 1. The van der Waals surface area contributed by atoms with Crippen LogP contribution in [0.4, 0.5) is 18.9 Å². The second-order valence-electron chi connectivity index (χ2n) is 7.82. The number of amides is 1. The first kappa shape index (κ1) is 21.8. The largest absolute Gasteiger partial charge is 0.400 e. The smallest absolute Gasteiger partial charge is 0.370 e. The van der Waals surface area contributed by atoms with Gasteiger partial charge in [-0.15, -0.1) is 0 Å². The van der Waals surface area contributed by atoms with Gasteiger partial charge in [0, 0.05) is 39.3 Å². The Morgan fingerprint density at radius 3 is 2.37 bits per heavy atom. The summed E-state index contributed by atoms with van der Waals surface area (Å²) in [4.78, 5) is 14.0. The van der Waals surface area contributed by atoms with E-state index in [1.807, 2.05) is 0 Å². The Bertz CT molecular complexity index is 976. The molecule has 2 aliphatic rings. The molecule has 0 bridgehead atoms. The molecule has 0 aromatic heterocycles. The minimum Gasteiger partial charge on any atom is -0.370 e. The van der Waals surface area contributed by atoms with Gasteiger partial charge in [-0.25, -0.2) is 0 Å². The molecule has 2 aromatic carbocycles. The van der Waals surface area contributed by atoms with Crippen molar-refractivity contribution < 1.29 is 18.0 Å². The van der Waals surface area contributed by atoms with Crippen LogP contribution in [-0.2, 0) is 5.41 Å². The fourth-order valence-corrected chi connectivity index (χ4v) is 4.94.